The van der Waals surface area contributed by atoms with E-state index in [-0.39, 0.29) is 53.8 Å². The highest BCUT2D eigenvalue weighted by molar-refractivity contribution is 8.00. The molecule has 6 fully saturated rings. The highest BCUT2D eigenvalue weighted by Gasteiger charge is 2.62. The van der Waals surface area contributed by atoms with E-state index in [1.165, 1.54) is 7.11 Å². The van der Waals surface area contributed by atoms with Gasteiger partial charge in [-0.2, -0.15) is 23.5 Å². The molecule has 5 unspecified atom stereocenters. The Hall–Kier alpha value is -3.89. The fraction of sp³-hybridized carbons (Fsp3) is 0.727. The van der Waals surface area contributed by atoms with Crippen molar-refractivity contribution in [3.05, 3.63) is 54.1 Å². The van der Waals surface area contributed by atoms with Gasteiger partial charge in [-0.15, -0.1) is 0 Å². The number of nitrogens with zero attached hydrogens (tertiary/aromatic N) is 3. The number of anilines is 1. The van der Waals surface area contributed by atoms with E-state index in [2.05, 4.69) is 62.8 Å². The predicted octanol–water partition coefficient (Wildman–Crippen LogP) is 7.81. The first-order chi connectivity index (χ1) is 34.6. The number of methoxy groups -OCH3 is 2. The summed E-state index contributed by atoms with van der Waals surface area (Å²) in [5.41, 5.74) is 2.00. The van der Waals surface area contributed by atoms with Crippen LogP contribution in [-0.4, -0.2) is 139 Å². The molecule has 4 N–H and O–H groups in total. The Bertz CT molecular complexity index is 2070. The van der Waals surface area contributed by atoms with Crippen LogP contribution in [0.4, 0.5) is 10.5 Å². The number of hydrogen-bond acceptors (Lipinski definition) is 12. The summed E-state index contributed by atoms with van der Waals surface area (Å²) in [7, 11) is 2.98. The summed E-state index contributed by atoms with van der Waals surface area (Å²) in [5, 5.41) is 14.1. The monoisotopic (exact) mass is 1020 g/mol. The summed E-state index contributed by atoms with van der Waals surface area (Å²) in [4.78, 5) is 73.2. The zero-order valence-corrected chi connectivity index (χ0v) is 44.5. The average Bonchev–Trinajstić information content (AvgIpc) is 4.23. The zero-order valence-electron chi connectivity index (χ0n) is 42.9. The molecule has 7 heterocycles. The number of unbranched alkanes of at least 4 members (excludes halogenated alkanes) is 8. The van der Waals surface area contributed by atoms with Crippen molar-refractivity contribution in [2.24, 2.45) is 11.8 Å². The van der Waals surface area contributed by atoms with E-state index in [0.29, 0.717) is 72.7 Å². The molecule has 7 aliphatic heterocycles. The van der Waals surface area contributed by atoms with Gasteiger partial charge in [-0.05, 0) is 101 Å². The van der Waals surface area contributed by atoms with E-state index < -0.39 is 5.41 Å². The largest absolute Gasteiger partial charge is 0.504 e. The highest BCUT2D eigenvalue weighted by Crippen LogP contribution is 2.55. The maximum Gasteiger partial charge on any atom is 0.337 e. The van der Waals surface area contributed by atoms with Crippen molar-refractivity contribution in [3.8, 4) is 0 Å². The van der Waals surface area contributed by atoms with Gasteiger partial charge in [0.2, 0.25) is 11.8 Å². The molecular weight excluding hydrogens is 935 g/mol. The van der Waals surface area contributed by atoms with Gasteiger partial charge in [-0.25, -0.2) is 9.59 Å². The van der Waals surface area contributed by atoms with E-state index in [4.69, 9.17) is 9.47 Å². The molecule has 7 aliphatic rings. The molecule has 1 aromatic rings. The molecule has 0 aliphatic carbocycles. The van der Waals surface area contributed by atoms with Crippen molar-refractivity contribution in [1.29, 1.82) is 0 Å². The summed E-state index contributed by atoms with van der Waals surface area (Å²) in [6.45, 7) is 9.95. The fourth-order valence-corrected chi connectivity index (χ4v) is 16.4. The lowest BCUT2D eigenvalue weighted by Crippen LogP contribution is -2.55. The normalized spacial score (nSPS) is 29.6. The lowest BCUT2D eigenvalue weighted by molar-refractivity contribution is -0.137. The van der Waals surface area contributed by atoms with Gasteiger partial charge in [0.25, 0.3) is 0 Å². The molecule has 1 aromatic carbocycles. The Morgan fingerprint density at radius 3 is 2.18 bits per heavy atom. The molecule has 0 aromatic heterocycles. The highest BCUT2D eigenvalue weighted by atomic mass is 32.2. The number of esters is 1. The van der Waals surface area contributed by atoms with Crippen LogP contribution in [0.25, 0.3) is 0 Å². The van der Waals surface area contributed by atoms with E-state index in [0.717, 1.165) is 151 Å². The molecule has 10 atom stereocenters. The molecule has 6 saturated heterocycles. The molecule has 0 radical (unpaired) electrons. The van der Waals surface area contributed by atoms with Crippen LogP contribution in [0.15, 0.2) is 48.5 Å². The number of benzene rings is 1. The summed E-state index contributed by atoms with van der Waals surface area (Å²) in [5.74, 6) is 3.61. The van der Waals surface area contributed by atoms with Gasteiger partial charge >= 0.3 is 12.0 Å². The summed E-state index contributed by atoms with van der Waals surface area (Å²) < 4.78 is 10.6. The quantitative estimate of drug-likeness (QED) is 0.0212. The number of rotatable bonds is 28. The number of ether oxygens (including phenoxy) is 2. The lowest BCUT2D eigenvalue weighted by atomic mass is 9.67. The Labute approximate surface area is 432 Å². The zero-order chi connectivity index (χ0) is 49.9. The Morgan fingerprint density at radius 2 is 1.46 bits per heavy atom. The minimum Gasteiger partial charge on any atom is -0.504 e. The van der Waals surface area contributed by atoms with Gasteiger partial charge in [0.05, 0.1) is 61.5 Å². The minimum atomic E-state index is -0.665. The summed E-state index contributed by atoms with van der Waals surface area (Å²) in [6.07, 6.45) is 19.5. The van der Waals surface area contributed by atoms with Crippen molar-refractivity contribution in [2.45, 2.75) is 181 Å². The van der Waals surface area contributed by atoms with Crippen LogP contribution in [0.2, 0.25) is 0 Å². The number of hydrogen-bond donors (Lipinski definition) is 4. The molecule has 16 heteroatoms. The fourth-order valence-electron chi connectivity index (χ4n) is 13.3. The van der Waals surface area contributed by atoms with Crippen molar-refractivity contribution < 1.29 is 33.4 Å². The van der Waals surface area contributed by atoms with E-state index in [9.17, 15) is 24.0 Å². The number of urea groups is 1. The van der Waals surface area contributed by atoms with Crippen LogP contribution >= 0.6 is 23.5 Å². The molecule has 392 valence electrons. The van der Waals surface area contributed by atoms with Crippen LogP contribution in [0.5, 0.6) is 0 Å². The summed E-state index contributed by atoms with van der Waals surface area (Å²) >= 11 is 3.96. The van der Waals surface area contributed by atoms with Crippen molar-refractivity contribution >= 4 is 58.8 Å². The maximum atomic E-state index is 15.0. The second kappa shape index (κ2) is 25.4. The van der Waals surface area contributed by atoms with Gasteiger partial charge in [0, 0.05) is 79.2 Å². The maximum absolute atomic E-state index is 15.0. The number of piperidine rings is 1. The summed E-state index contributed by atoms with van der Waals surface area (Å²) in [6, 6.07) is 9.59. The number of thioether (sulfide) groups is 2. The number of fused-ring (bicyclic) bond motifs is 6. The number of carbonyl (C=O) groups is 5. The first-order valence-electron chi connectivity index (χ1n) is 27.3. The molecule has 8 rings (SSSR count). The average molecular weight is 1020 g/mol. The van der Waals surface area contributed by atoms with Crippen LogP contribution in [0.3, 0.4) is 0 Å². The third-order valence-electron chi connectivity index (χ3n) is 17.0. The van der Waals surface area contributed by atoms with Crippen LogP contribution in [0, 0.1) is 11.8 Å². The van der Waals surface area contributed by atoms with Gasteiger partial charge in [-0.1, -0.05) is 70.2 Å². The number of Topliss-reactive ketones (excluding diaryl/α,β-unsaturated/α-hetero) is 1. The number of nitrogens with one attached hydrogen (secondary N) is 4. The van der Waals surface area contributed by atoms with Crippen LogP contribution in [0.1, 0.15) is 141 Å². The van der Waals surface area contributed by atoms with Crippen molar-refractivity contribution in [3.63, 3.8) is 0 Å². The van der Waals surface area contributed by atoms with Gasteiger partial charge < -0.3 is 40.5 Å². The molecule has 0 saturated carbocycles. The predicted molar refractivity (Wildman–Crippen MR) is 284 cm³/mol. The van der Waals surface area contributed by atoms with E-state index in [1.54, 1.807) is 13.4 Å². The van der Waals surface area contributed by atoms with Crippen molar-refractivity contribution in [2.75, 3.05) is 63.3 Å². The Morgan fingerprint density at radius 1 is 0.817 bits per heavy atom. The number of para-hydroxylation sites is 1. The van der Waals surface area contributed by atoms with Gasteiger partial charge in [0.15, 0.2) is 0 Å². The minimum absolute atomic E-state index is 0.0332. The van der Waals surface area contributed by atoms with Gasteiger partial charge in [-0.3, -0.25) is 19.3 Å². The van der Waals surface area contributed by atoms with E-state index >= 15 is 0 Å². The SMILES string of the molecule is C=C1NC2CS[C@@H](CCCCC(=O)CCCCCCCN(CCCCCN3C(=O)[C@]4(CCN5C[C@H](CC)[C@@H](/C(=C\OC)C(=O)OC)CC54)c4ccccc43)C(=O)CCCC[C@@H]3SCC4NC(=O)NC43)C2N1. The molecule has 0 bridgehead atoms. The number of amides is 4. The molecule has 71 heavy (non-hydrogen) atoms. The van der Waals surface area contributed by atoms with Crippen molar-refractivity contribution in [1.82, 2.24) is 31.1 Å². The molecule has 1 spiro atoms. The number of ketones is 1. The number of carbonyl (C=O) groups excluding carboxylic acids is 5. The van der Waals surface area contributed by atoms with E-state index in [1.807, 2.05) is 34.5 Å². The third-order valence-corrected chi connectivity index (χ3v) is 20.1. The van der Waals surface area contributed by atoms with Crippen LogP contribution < -0.4 is 26.2 Å². The Balaban J connectivity index is 0.790. The lowest BCUT2D eigenvalue weighted by Gasteiger charge is -2.45. The first kappa shape index (κ1) is 53.4. The molecule has 14 nitrogen and oxygen atoms in total. The topological polar surface area (TPSA) is 162 Å². The second-order valence-electron chi connectivity index (χ2n) is 21.4. The standard InChI is InChI=1S/C55H83N7O7S2/c1-5-38-33-61-31-27-55(48(61)32-40(38)41(34-68-3)52(65)69-4)42-22-12-13-23-45(42)62(53(55)66)30-19-9-18-29-60(49(64)26-16-15-25-47-51-44(36-71-47)58-54(67)59-51)28-17-8-6-7-10-20-39(63)21-11-14-24-46-50-43(35-70-46)56-37(2)57-50/h12-13,22-23,34,38,40,43-44,46-48,50-51,56-57H,2,5-11,14-21,24-33,35-36H2,1,3-4H3,(H2,58,59,67)/b41-34+/t38-,40-,43?,44?,46-,47-,48?,50?,51?,55+/m0/s1. The van der Waals surface area contributed by atoms with Gasteiger partial charge in [0.1, 0.15) is 5.78 Å². The first-order valence-corrected chi connectivity index (χ1v) is 29.4. The molecular formula is C55H83N7O7S2. The van der Waals surface area contributed by atoms with Crippen LogP contribution in [-0.2, 0) is 34.1 Å². The second-order valence-corrected chi connectivity index (χ2v) is 23.9. The third kappa shape index (κ3) is 12.4. The smallest absolute Gasteiger partial charge is 0.337 e. The Kier molecular flexibility index (Phi) is 19.1. The molecule has 4 amide bonds.